The van der Waals surface area contributed by atoms with Crippen LogP contribution in [0.3, 0.4) is 0 Å². The minimum Gasteiger partial charge on any atom is -0.481 e. The van der Waals surface area contributed by atoms with Crippen LogP contribution in [0.15, 0.2) is 18.3 Å². The van der Waals surface area contributed by atoms with Crippen LogP contribution in [0.25, 0.3) is 0 Å². The van der Waals surface area contributed by atoms with E-state index in [0.29, 0.717) is 24.8 Å². The zero-order chi connectivity index (χ0) is 13.5. The molecule has 1 aromatic rings. The molecule has 104 valence electrons. The van der Waals surface area contributed by atoms with Gasteiger partial charge in [0.2, 0.25) is 11.8 Å². The van der Waals surface area contributed by atoms with E-state index < -0.39 is 0 Å². The largest absolute Gasteiger partial charge is 0.481 e. The van der Waals surface area contributed by atoms with Crippen molar-refractivity contribution in [3.05, 3.63) is 23.9 Å². The number of carbonyl (C=O) groups is 1. The molecule has 0 spiro atoms. The molecule has 1 aliphatic rings. The summed E-state index contributed by atoms with van der Waals surface area (Å²) in [5.74, 6) is 1.24. The summed E-state index contributed by atoms with van der Waals surface area (Å²) in [6.45, 7) is 2.58. The second kappa shape index (κ2) is 7.09. The monoisotopic (exact) mass is 263 g/mol. The van der Waals surface area contributed by atoms with E-state index in [2.05, 4.69) is 15.6 Å². The summed E-state index contributed by atoms with van der Waals surface area (Å²) >= 11 is 0. The van der Waals surface area contributed by atoms with E-state index in [9.17, 15) is 4.79 Å². The summed E-state index contributed by atoms with van der Waals surface area (Å²) in [5, 5.41) is 6.25. The van der Waals surface area contributed by atoms with Gasteiger partial charge in [-0.15, -0.1) is 0 Å². The number of aromatic nitrogens is 1. The molecule has 0 unspecified atom stereocenters. The van der Waals surface area contributed by atoms with Crippen molar-refractivity contribution in [1.29, 1.82) is 0 Å². The van der Waals surface area contributed by atoms with Crippen molar-refractivity contribution >= 4 is 5.91 Å². The Kier molecular flexibility index (Phi) is 5.15. The van der Waals surface area contributed by atoms with Gasteiger partial charge < -0.3 is 15.4 Å². The number of rotatable bonds is 5. The highest BCUT2D eigenvalue weighted by Crippen LogP contribution is 2.15. The first-order chi connectivity index (χ1) is 9.28. The van der Waals surface area contributed by atoms with Crippen molar-refractivity contribution < 1.29 is 9.53 Å². The summed E-state index contributed by atoms with van der Waals surface area (Å²) in [6, 6.07) is 3.71. The number of methoxy groups -OCH3 is 1. The predicted octanol–water partition coefficient (Wildman–Crippen LogP) is 1.10. The number of amides is 1. The van der Waals surface area contributed by atoms with Crippen molar-refractivity contribution in [2.24, 2.45) is 5.92 Å². The highest BCUT2D eigenvalue weighted by molar-refractivity contribution is 5.76. The third-order valence-corrected chi connectivity index (χ3v) is 3.43. The molecule has 0 atom stereocenters. The third-order valence-electron chi connectivity index (χ3n) is 3.43. The lowest BCUT2D eigenvalue weighted by Crippen LogP contribution is -2.32. The molecule has 1 aliphatic heterocycles. The van der Waals surface area contributed by atoms with E-state index in [1.807, 2.05) is 6.07 Å². The molecule has 2 rings (SSSR count). The van der Waals surface area contributed by atoms with Crippen LogP contribution in [-0.2, 0) is 11.3 Å². The van der Waals surface area contributed by atoms with Crippen LogP contribution in [0.1, 0.15) is 24.8 Å². The second-order valence-electron chi connectivity index (χ2n) is 4.88. The summed E-state index contributed by atoms with van der Waals surface area (Å²) in [7, 11) is 1.59. The number of piperidine rings is 1. The van der Waals surface area contributed by atoms with Crippen molar-refractivity contribution in [3.63, 3.8) is 0 Å². The first-order valence-corrected chi connectivity index (χ1v) is 6.74. The van der Waals surface area contributed by atoms with Crippen LogP contribution >= 0.6 is 0 Å². The molecular weight excluding hydrogens is 242 g/mol. The summed E-state index contributed by atoms with van der Waals surface area (Å²) in [5.41, 5.74) is 0.986. The fourth-order valence-electron chi connectivity index (χ4n) is 2.26. The minimum atomic E-state index is 0.128. The van der Waals surface area contributed by atoms with Crippen molar-refractivity contribution in [2.45, 2.75) is 25.8 Å². The van der Waals surface area contributed by atoms with Crippen LogP contribution in [0.5, 0.6) is 5.88 Å². The Morgan fingerprint density at radius 1 is 1.47 bits per heavy atom. The molecule has 1 aromatic heterocycles. The summed E-state index contributed by atoms with van der Waals surface area (Å²) < 4.78 is 4.99. The Labute approximate surface area is 113 Å². The van der Waals surface area contributed by atoms with Gasteiger partial charge in [-0.25, -0.2) is 4.98 Å². The molecule has 0 aliphatic carbocycles. The predicted molar refractivity (Wildman–Crippen MR) is 72.8 cm³/mol. The SMILES string of the molecule is COc1ccc(CNC(=O)CC2CCNCC2)cn1. The standard InChI is InChI=1S/C14H21N3O2/c1-19-14-3-2-12(10-17-14)9-16-13(18)8-11-4-6-15-7-5-11/h2-3,10-11,15H,4-9H2,1H3,(H,16,18). The maximum Gasteiger partial charge on any atom is 0.220 e. The molecule has 0 radical (unpaired) electrons. The molecule has 1 amide bonds. The van der Waals surface area contributed by atoms with Crippen LogP contribution in [0, 0.1) is 5.92 Å². The topological polar surface area (TPSA) is 63.2 Å². The molecule has 0 bridgehead atoms. The second-order valence-corrected chi connectivity index (χ2v) is 4.88. The summed E-state index contributed by atoms with van der Waals surface area (Å²) in [4.78, 5) is 15.9. The molecule has 0 saturated carbocycles. The number of pyridine rings is 1. The van der Waals surface area contributed by atoms with Crippen LogP contribution in [0.4, 0.5) is 0 Å². The highest BCUT2D eigenvalue weighted by Gasteiger charge is 2.16. The quantitative estimate of drug-likeness (QED) is 0.835. The fraction of sp³-hybridized carbons (Fsp3) is 0.571. The highest BCUT2D eigenvalue weighted by atomic mass is 16.5. The van der Waals surface area contributed by atoms with Crippen LogP contribution in [0.2, 0.25) is 0 Å². The van der Waals surface area contributed by atoms with Gasteiger partial charge in [-0.2, -0.15) is 0 Å². The van der Waals surface area contributed by atoms with Gasteiger partial charge in [-0.05, 0) is 37.4 Å². The number of carbonyl (C=O) groups excluding carboxylic acids is 1. The number of ether oxygens (including phenoxy) is 1. The van der Waals surface area contributed by atoms with Gasteiger partial charge >= 0.3 is 0 Å². The molecule has 5 nitrogen and oxygen atoms in total. The fourth-order valence-corrected chi connectivity index (χ4v) is 2.26. The van der Waals surface area contributed by atoms with Gasteiger partial charge in [0.05, 0.1) is 7.11 Å². The smallest absolute Gasteiger partial charge is 0.220 e. The number of hydrogen-bond donors (Lipinski definition) is 2. The molecule has 1 fully saturated rings. The molecule has 19 heavy (non-hydrogen) atoms. The van der Waals surface area contributed by atoms with Gasteiger partial charge in [0.1, 0.15) is 0 Å². The maximum atomic E-state index is 11.8. The van der Waals surface area contributed by atoms with E-state index in [0.717, 1.165) is 31.5 Å². The lowest BCUT2D eigenvalue weighted by atomic mass is 9.94. The Morgan fingerprint density at radius 2 is 2.26 bits per heavy atom. The first-order valence-electron chi connectivity index (χ1n) is 6.74. The number of nitrogens with zero attached hydrogens (tertiary/aromatic N) is 1. The third kappa shape index (κ3) is 4.52. The van der Waals surface area contributed by atoms with E-state index in [-0.39, 0.29) is 5.91 Å². The molecule has 0 aromatic carbocycles. The zero-order valence-electron chi connectivity index (χ0n) is 11.3. The first kappa shape index (κ1) is 13.8. The molecular formula is C14H21N3O2. The van der Waals surface area contributed by atoms with E-state index in [1.165, 1.54) is 0 Å². The van der Waals surface area contributed by atoms with Crippen LogP contribution in [-0.4, -0.2) is 31.1 Å². The number of hydrogen-bond acceptors (Lipinski definition) is 4. The maximum absolute atomic E-state index is 11.8. The molecule has 2 N–H and O–H groups in total. The zero-order valence-corrected chi connectivity index (χ0v) is 11.3. The van der Waals surface area contributed by atoms with Gasteiger partial charge in [-0.1, -0.05) is 6.07 Å². The summed E-state index contributed by atoms with van der Waals surface area (Å²) in [6.07, 6.45) is 4.55. The number of nitrogens with one attached hydrogen (secondary N) is 2. The van der Waals surface area contributed by atoms with Crippen molar-refractivity contribution in [1.82, 2.24) is 15.6 Å². The van der Waals surface area contributed by atoms with Crippen molar-refractivity contribution in [2.75, 3.05) is 20.2 Å². The molecule has 1 saturated heterocycles. The Hall–Kier alpha value is -1.62. The van der Waals surface area contributed by atoms with Gasteiger partial charge in [0, 0.05) is 25.2 Å². The van der Waals surface area contributed by atoms with Gasteiger partial charge in [-0.3, -0.25) is 4.79 Å². The minimum absolute atomic E-state index is 0.128. The lowest BCUT2D eigenvalue weighted by Gasteiger charge is -2.21. The Bertz CT molecular complexity index is 400. The molecule has 5 heteroatoms. The Balaban J connectivity index is 1.72. The molecule has 2 heterocycles. The van der Waals surface area contributed by atoms with Gasteiger partial charge in [0.25, 0.3) is 0 Å². The average molecular weight is 263 g/mol. The lowest BCUT2D eigenvalue weighted by molar-refractivity contribution is -0.122. The van der Waals surface area contributed by atoms with E-state index >= 15 is 0 Å². The van der Waals surface area contributed by atoms with E-state index in [4.69, 9.17) is 4.74 Å². The van der Waals surface area contributed by atoms with Crippen molar-refractivity contribution in [3.8, 4) is 5.88 Å². The van der Waals surface area contributed by atoms with Gasteiger partial charge in [0.15, 0.2) is 0 Å². The van der Waals surface area contributed by atoms with E-state index in [1.54, 1.807) is 19.4 Å². The Morgan fingerprint density at radius 3 is 2.89 bits per heavy atom. The normalized spacial score (nSPS) is 16.1. The van der Waals surface area contributed by atoms with Crippen LogP contribution < -0.4 is 15.4 Å². The average Bonchev–Trinajstić information content (AvgIpc) is 2.47.